The number of carbonyl (C=O) groups is 2. The van der Waals surface area contributed by atoms with Crippen LogP contribution >= 0.6 is 27.5 Å². The van der Waals surface area contributed by atoms with Gasteiger partial charge in [-0.15, -0.1) is 0 Å². The lowest BCUT2D eigenvalue weighted by Crippen LogP contribution is -2.51. The van der Waals surface area contributed by atoms with E-state index in [1.165, 1.54) is 0 Å². The first kappa shape index (κ1) is 25.7. The van der Waals surface area contributed by atoms with Crippen LogP contribution in [0.5, 0.6) is 5.75 Å². The molecular formula is C29H26BrClN2O3. The van der Waals surface area contributed by atoms with Gasteiger partial charge in [-0.25, -0.2) is 0 Å². The maximum atomic E-state index is 13.6. The van der Waals surface area contributed by atoms with Gasteiger partial charge >= 0.3 is 0 Å². The number of likely N-dealkylation sites (N-methyl/N-ethyl adjacent to an activating group) is 1. The third-order valence-corrected chi connectivity index (χ3v) is 7.18. The lowest BCUT2D eigenvalue weighted by Gasteiger charge is -2.31. The highest BCUT2D eigenvalue weighted by Gasteiger charge is 2.30. The average molecular weight is 566 g/mol. The third-order valence-electron chi connectivity index (χ3n) is 6.00. The lowest BCUT2D eigenvalue weighted by molar-refractivity contribution is -0.142. The summed E-state index contributed by atoms with van der Waals surface area (Å²) in [5.74, 6) is -0.0232. The van der Waals surface area contributed by atoms with Crippen LogP contribution in [0.1, 0.15) is 11.1 Å². The number of hydrogen-bond acceptors (Lipinski definition) is 3. The normalized spacial score (nSPS) is 11.6. The van der Waals surface area contributed by atoms with Gasteiger partial charge in [-0.2, -0.15) is 0 Å². The first-order valence-electron chi connectivity index (χ1n) is 11.6. The molecule has 0 fully saturated rings. The van der Waals surface area contributed by atoms with Crippen LogP contribution in [0.4, 0.5) is 0 Å². The summed E-state index contributed by atoms with van der Waals surface area (Å²) in [5, 5.41) is 5.29. The minimum Gasteiger partial charge on any atom is -0.483 e. The number of nitrogens with one attached hydrogen (secondary N) is 1. The van der Waals surface area contributed by atoms with Crippen LogP contribution in [0.3, 0.4) is 0 Å². The second kappa shape index (κ2) is 12.1. The molecule has 4 aromatic rings. The molecule has 0 radical (unpaired) electrons. The molecule has 0 aliphatic heterocycles. The topological polar surface area (TPSA) is 58.6 Å². The van der Waals surface area contributed by atoms with E-state index in [0.29, 0.717) is 17.2 Å². The van der Waals surface area contributed by atoms with Crippen molar-refractivity contribution < 1.29 is 14.3 Å². The van der Waals surface area contributed by atoms with Crippen molar-refractivity contribution in [1.82, 2.24) is 10.2 Å². The van der Waals surface area contributed by atoms with E-state index in [1.807, 2.05) is 84.9 Å². The second-order valence-electron chi connectivity index (χ2n) is 8.32. The number of halogens is 2. The zero-order chi connectivity index (χ0) is 25.5. The number of carbonyl (C=O) groups excluding carboxylic acids is 2. The molecule has 0 unspecified atom stereocenters. The largest absolute Gasteiger partial charge is 0.483 e. The smallest absolute Gasteiger partial charge is 0.261 e. The molecule has 5 nitrogen and oxygen atoms in total. The number of fused-ring (bicyclic) bond motifs is 1. The molecule has 0 spiro atoms. The van der Waals surface area contributed by atoms with E-state index < -0.39 is 6.04 Å². The summed E-state index contributed by atoms with van der Waals surface area (Å²) in [4.78, 5) is 28.2. The van der Waals surface area contributed by atoms with E-state index in [-0.39, 0.29) is 25.0 Å². The molecule has 4 rings (SSSR count). The average Bonchev–Trinajstić information content (AvgIpc) is 2.91. The van der Waals surface area contributed by atoms with Crippen molar-refractivity contribution in [1.29, 1.82) is 0 Å². The van der Waals surface area contributed by atoms with Crippen LogP contribution in [0.15, 0.2) is 95.5 Å². The Bertz CT molecular complexity index is 1360. The molecule has 0 saturated carbocycles. The molecule has 184 valence electrons. The fraction of sp³-hybridized carbons (Fsp3) is 0.172. The van der Waals surface area contributed by atoms with Gasteiger partial charge in [0, 0.05) is 25.0 Å². The van der Waals surface area contributed by atoms with Gasteiger partial charge in [0.1, 0.15) is 11.8 Å². The van der Waals surface area contributed by atoms with E-state index >= 15 is 0 Å². The number of ether oxygens (including phenoxy) is 1. The van der Waals surface area contributed by atoms with Crippen LogP contribution in [-0.2, 0) is 22.6 Å². The highest BCUT2D eigenvalue weighted by atomic mass is 79.9. The van der Waals surface area contributed by atoms with Gasteiger partial charge in [0.15, 0.2) is 6.61 Å². The van der Waals surface area contributed by atoms with Gasteiger partial charge in [-0.1, -0.05) is 90.5 Å². The number of rotatable bonds is 9. The molecule has 0 aliphatic carbocycles. The minimum atomic E-state index is -0.746. The summed E-state index contributed by atoms with van der Waals surface area (Å²) in [5.41, 5.74) is 1.70. The van der Waals surface area contributed by atoms with E-state index in [9.17, 15) is 9.59 Å². The Morgan fingerprint density at radius 1 is 0.944 bits per heavy atom. The molecule has 1 N–H and O–H groups in total. The first-order chi connectivity index (χ1) is 17.5. The van der Waals surface area contributed by atoms with E-state index in [2.05, 4.69) is 21.2 Å². The van der Waals surface area contributed by atoms with Gasteiger partial charge in [0.25, 0.3) is 5.91 Å². The molecule has 0 aromatic heterocycles. The van der Waals surface area contributed by atoms with E-state index in [0.717, 1.165) is 26.4 Å². The Hall–Kier alpha value is -3.35. The third kappa shape index (κ3) is 6.07. The summed E-state index contributed by atoms with van der Waals surface area (Å²) in [7, 11) is 1.57. The lowest BCUT2D eigenvalue weighted by atomic mass is 10.0. The van der Waals surface area contributed by atoms with Crippen molar-refractivity contribution in [2.75, 3.05) is 13.7 Å². The molecule has 0 bridgehead atoms. The van der Waals surface area contributed by atoms with E-state index in [1.54, 1.807) is 18.0 Å². The summed E-state index contributed by atoms with van der Waals surface area (Å²) in [6, 6.07) is 27.9. The molecule has 0 aliphatic rings. The Morgan fingerprint density at radius 3 is 2.39 bits per heavy atom. The van der Waals surface area contributed by atoms with Crippen LogP contribution < -0.4 is 10.1 Å². The molecule has 4 aromatic carbocycles. The molecule has 36 heavy (non-hydrogen) atoms. The monoisotopic (exact) mass is 564 g/mol. The molecule has 0 heterocycles. The maximum absolute atomic E-state index is 13.6. The quantitative estimate of drug-likeness (QED) is 0.270. The van der Waals surface area contributed by atoms with Crippen LogP contribution in [0.2, 0.25) is 5.02 Å². The Morgan fingerprint density at radius 2 is 1.64 bits per heavy atom. The standard InChI is InChI=1S/C29H26BrClN2O3/c1-32-29(35)25(17-20-9-3-2-4-10-20)33(18-22-12-6-8-14-24(22)31)27(34)19-36-26-16-15-21-11-5-7-13-23(21)28(26)30/h2-16,25H,17-19H2,1H3,(H,32,35)/t25-/m0/s1. The highest BCUT2D eigenvalue weighted by molar-refractivity contribution is 9.10. The van der Waals surface area contributed by atoms with Crippen molar-refractivity contribution >= 4 is 50.1 Å². The van der Waals surface area contributed by atoms with Crippen LogP contribution in [0.25, 0.3) is 10.8 Å². The predicted molar refractivity (Wildman–Crippen MR) is 147 cm³/mol. The molecule has 0 saturated heterocycles. The number of benzene rings is 4. The number of amides is 2. The summed E-state index contributed by atoms with van der Waals surface area (Å²) in [6.07, 6.45) is 0.358. The Kier molecular flexibility index (Phi) is 8.62. The zero-order valence-corrected chi connectivity index (χ0v) is 22.1. The number of hydrogen-bond donors (Lipinski definition) is 1. The van der Waals surface area contributed by atoms with Crippen molar-refractivity contribution in [3.63, 3.8) is 0 Å². The number of nitrogens with zero attached hydrogens (tertiary/aromatic N) is 1. The van der Waals surface area contributed by atoms with Crippen molar-refractivity contribution in [3.05, 3.63) is 112 Å². The fourth-order valence-electron chi connectivity index (χ4n) is 4.08. The van der Waals surface area contributed by atoms with Gasteiger partial charge in [-0.05, 0) is 50.0 Å². The molecular weight excluding hydrogens is 540 g/mol. The predicted octanol–water partition coefficient (Wildman–Crippen LogP) is 6.02. The van der Waals surface area contributed by atoms with E-state index in [4.69, 9.17) is 16.3 Å². The van der Waals surface area contributed by atoms with Crippen molar-refractivity contribution in [2.45, 2.75) is 19.0 Å². The Balaban J connectivity index is 1.62. The van der Waals surface area contributed by atoms with Crippen LogP contribution in [0, 0.1) is 0 Å². The fourth-order valence-corrected chi connectivity index (χ4v) is 4.88. The Labute approximate surface area is 224 Å². The molecule has 2 amide bonds. The van der Waals surface area contributed by atoms with Gasteiger partial charge in [0.2, 0.25) is 5.91 Å². The highest BCUT2D eigenvalue weighted by Crippen LogP contribution is 2.33. The summed E-state index contributed by atoms with van der Waals surface area (Å²) >= 11 is 10.0. The van der Waals surface area contributed by atoms with Gasteiger partial charge in [0.05, 0.1) is 4.47 Å². The summed E-state index contributed by atoms with van der Waals surface area (Å²) in [6.45, 7) is -0.0602. The van der Waals surface area contributed by atoms with Gasteiger partial charge < -0.3 is 15.0 Å². The maximum Gasteiger partial charge on any atom is 0.261 e. The van der Waals surface area contributed by atoms with Crippen LogP contribution in [-0.4, -0.2) is 36.4 Å². The SMILES string of the molecule is CNC(=O)[C@H](Cc1ccccc1)N(Cc1ccccc1Cl)C(=O)COc1ccc2ccccc2c1Br. The van der Waals surface area contributed by atoms with Crippen molar-refractivity contribution in [3.8, 4) is 5.75 Å². The van der Waals surface area contributed by atoms with Gasteiger partial charge in [-0.3, -0.25) is 9.59 Å². The first-order valence-corrected chi connectivity index (χ1v) is 12.7. The minimum absolute atomic E-state index is 0.172. The molecule has 7 heteroatoms. The van der Waals surface area contributed by atoms with Crippen molar-refractivity contribution in [2.24, 2.45) is 0 Å². The second-order valence-corrected chi connectivity index (χ2v) is 9.52. The molecule has 1 atom stereocenters. The summed E-state index contributed by atoms with van der Waals surface area (Å²) < 4.78 is 6.74. The zero-order valence-electron chi connectivity index (χ0n) is 19.8.